The van der Waals surface area contributed by atoms with Crippen LogP contribution in [0.3, 0.4) is 0 Å². The maximum atomic E-state index is 12.4. The minimum absolute atomic E-state index is 0. The van der Waals surface area contributed by atoms with Crippen LogP contribution in [0, 0.1) is 0 Å². The smallest absolute Gasteiger partial charge is 0.408 e. The second kappa shape index (κ2) is 6.41. The topological polar surface area (TPSA) is 93.3 Å². The number of nitrogens with zero attached hydrogens (tertiary/aromatic N) is 1. The molecule has 7 nitrogen and oxygen atoms in total. The van der Waals surface area contributed by atoms with Crippen molar-refractivity contribution in [1.82, 2.24) is 14.6 Å². The van der Waals surface area contributed by atoms with E-state index in [9.17, 15) is 13.2 Å². The van der Waals surface area contributed by atoms with Crippen LogP contribution in [0.5, 0.6) is 0 Å². The molecule has 1 saturated heterocycles. The molecular formula is C13H18ClN3O4S. The van der Waals surface area contributed by atoms with Crippen LogP contribution in [0.15, 0.2) is 32.3 Å². The third-order valence-electron chi connectivity index (χ3n) is 3.69. The molecule has 2 heterocycles. The molecule has 0 bridgehead atoms. The van der Waals surface area contributed by atoms with Gasteiger partial charge in [0.1, 0.15) is 0 Å². The first kappa shape index (κ1) is 17.0. The van der Waals surface area contributed by atoms with Crippen LogP contribution in [0.2, 0.25) is 0 Å². The van der Waals surface area contributed by atoms with Gasteiger partial charge in [0.05, 0.1) is 10.4 Å². The van der Waals surface area contributed by atoms with Crippen LogP contribution in [-0.2, 0) is 17.1 Å². The summed E-state index contributed by atoms with van der Waals surface area (Å²) in [6, 6.07) is 4.33. The summed E-state index contributed by atoms with van der Waals surface area (Å²) >= 11 is 0. The Bertz CT molecular complexity index is 821. The molecule has 0 amide bonds. The molecule has 122 valence electrons. The number of sulfonamides is 1. The van der Waals surface area contributed by atoms with Crippen molar-refractivity contribution in [3.8, 4) is 0 Å². The standard InChI is InChI=1S/C13H17N3O4S.ClH/c1-16-11-5-4-10(7-12(11)20-13(16)17)21(18,19)15-9-3-2-6-14-8-9;/h4-5,7,9,14-15H,2-3,6,8H2,1H3;1H/t9-;/m1./s1. The second-order valence-corrected chi connectivity index (χ2v) is 6.94. The first-order valence-corrected chi connectivity index (χ1v) is 8.28. The molecule has 0 radical (unpaired) electrons. The molecule has 1 fully saturated rings. The molecule has 1 aromatic heterocycles. The monoisotopic (exact) mass is 347 g/mol. The summed E-state index contributed by atoms with van der Waals surface area (Å²) in [7, 11) is -2.04. The number of aromatic nitrogens is 1. The Morgan fingerprint density at radius 2 is 2.18 bits per heavy atom. The van der Waals surface area contributed by atoms with Gasteiger partial charge in [0.2, 0.25) is 10.0 Å². The number of halogens is 1. The van der Waals surface area contributed by atoms with E-state index in [1.54, 1.807) is 13.1 Å². The SMILES string of the molecule is Cl.Cn1c(=O)oc2cc(S(=O)(=O)N[C@@H]3CCCNC3)ccc21. The lowest BCUT2D eigenvalue weighted by Gasteiger charge is -2.23. The van der Waals surface area contributed by atoms with Gasteiger partial charge in [-0.25, -0.2) is 17.9 Å². The lowest BCUT2D eigenvalue weighted by atomic mass is 10.1. The molecule has 2 aromatic rings. The Labute approximate surface area is 134 Å². The minimum Gasteiger partial charge on any atom is -0.408 e. The molecule has 1 aromatic carbocycles. The molecule has 9 heteroatoms. The van der Waals surface area contributed by atoms with Crippen LogP contribution >= 0.6 is 12.4 Å². The van der Waals surface area contributed by atoms with E-state index in [4.69, 9.17) is 4.42 Å². The number of nitrogens with one attached hydrogen (secondary N) is 2. The summed E-state index contributed by atoms with van der Waals surface area (Å²) in [5, 5.41) is 3.16. The summed E-state index contributed by atoms with van der Waals surface area (Å²) in [6.07, 6.45) is 1.76. The zero-order valence-corrected chi connectivity index (χ0v) is 13.7. The zero-order chi connectivity index (χ0) is 15.0. The Balaban J connectivity index is 0.00000176. The van der Waals surface area contributed by atoms with Gasteiger partial charge in [-0.3, -0.25) is 4.57 Å². The molecule has 3 rings (SSSR count). The Morgan fingerprint density at radius 3 is 2.86 bits per heavy atom. The number of hydrogen-bond donors (Lipinski definition) is 2. The van der Waals surface area contributed by atoms with Gasteiger partial charge >= 0.3 is 5.76 Å². The van der Waals surface area contributed by atoms with E-state index in [2.05, 4.69) is 10.0 Å². The molecule has 2 N–H and O–H groups in total. The van der Waals surface area contributed by atoms with Crippen LogP contribution in [-0.4, -0.2) is 32.1 Å². The molecule has 1 aliphatic rings. The van der Waals surface area contributed by atoms with Crippen LogP contribution in [0.25, 0.3) is 11.1 Å². The fourth-order valence-electron chi connectivity index (χ4n) is 2.52. The molecule has 0 unspecified atom stereocenters. The largest absolute Gasteiger partial charge is 0.419 e. The number of oxazole rings is 1. The van der Waals surface area contributed by atoms with E-state index in [-0.39, 0.29) is 28.9 Å². The highest BCUT2D eigenvalue weighted by Gasteiger charge is 2.22. The first-order valence-electron chi connectivity index (χ1n) is 6.80. The van der Waals surface area contributed by atoms with Gasteiger partial charge in [0.15, 0.2) is 5.58 Å². The Kier molecular flexibility index (Phi) is 4.96. The van der Waals surface area contributed by atoms with Crippen molar-refractivity contribution < 1.29 is 12.8 Å². The first-order chi connectivity index (χ1) is 9.97. The van der Waals surface area contributed by atoms with Crippen molar-refractivity contribution in [3.05, 3.63) is 28.7 Å². The third-order valence-corrected chi connectivity index (χ3v) is 5.21. The van der Waals surface area contributed by atoms with Crippen LogP contribution in [0.1, 0.15) is 12.8 Å². The predicted octanol–water partition coefficient (Wildman–Crippen LogP) is 0.584. The molecular weight excluding hydrogens is 330 g/mol. The summed E-state index contributed by atoms with van der Waals surface area (Å²) < 4.78 is 33.8. The maximum Gasteiger partial charge on any atom is 0.419 e. The minimum atomic E-state index is -3.62. The lowest BCUT2D eigenvalue weighted by Crippen LogP contribution is -2.45. The molecule has 0 saturated carbocycles. The van der Waals surface area contributed by atoms with E-state index in [0.29, 0.717) is 12.1 Å². The predicted molar refractivity (Wildman–Crippen MR) is 84.9 cm³/mol. The summed E-state index contributed by atoms with van der Waals surface area (Å²) in [5.41, 5.74) is 0.838. The highest BCUT2D eigenvalue weighted by atomic mass is 35.5. The van der Waals surface area contributed by atoms with Crippen molar-refractivity contribution in [2.24, 2.45) is 7.05 Å². The molecule has 1 aliphatic heterocycles. The molecule has 0 aliphatic carbocycles. The van der Waals surface area contributed by atoms with Crippen molar-refractivity contribution in [3.63, 3.8) is 0 Å². The highest BCUT2D eigenvalue weighted by Crippen LogP contribution is 2.18. The quantitative estimate of drug-likeness (QED) is 0.847. The lowest BCUT2D eigenvalue weighted by molar-refractivity contribution is 0.428. The van der Waals surface area contributed by atoms with E-state index >= 15 is 0 Å². The fourth-order valence-corrected chi connectivity index (χ4v) is 3.81. The number of hydrogen-bond acceptors (Lipinski definition) is 5. The number of piperidine rings is 1. The Morgan fingerprint density at radius 1 is 1.41 bits per heavy atom. The maximum absolute atomic E-state index is 12.4. The average Bonchev–Trinajstić information content (AvgIpc) is 2.74. The van der Waals surface area contributed by atoms with E-state index in [0.717, 1.165) is 19.4 Å². The van der Waals surface area contributed by atoms with Gasteiger partial charge in [0, 0.05) is 25.7 Å². The van der Waals surface area contributed by atoms with Crippen molar-refractivity contribution in [2.45, 2.75) is 23.8 Å². The van der Waals surface area contributed by atoms with Gasteiger partial charge in [-0.15, -0.1) is 12.4 Å². The second-order valence-electron chi connectivity index (χ2n) is 5.22. The molecule has 1 atom stereocenters. The van der Waals surface area contributed by atoms with Gasteiger partial charge < -0.3 is 9.73 Å². The van der Waals surface area contributed by atoms with Gasteiger partial charge in [-0.2, -0.15) is 0 Å². The van der Waals surface area contributed by atoms with Gasteiger partial charge in [-0.05, 0) is 31.5 Å². The Hall–Kier alpha value is -1.35. The number of benzene rings is 1. The summed E-state index contributed by atoms with van der Waals surface area (Å²) in [6.45, 7) is 1.54. The average molecular weight is 348 g/mol. The van der Waals surface area contributed by atoms with Crippen LogP contribution < -0.4 is 15.8 Å². The number of aryl methyl sites for hydroxylation is 1. The van der Waals surface area contributed by atoms with E-state index in [1.165, 1.54) is 16.7 Å². The molecule has 0 spiro atoms. The van der Waals surface area contributed by atoms with Crippen molar-refractivity contribution >= 4 is 33.5 Å². The number of fused-ring (bicyclic) bond motifs is 1. The number of rotatable bonds is 3. The molecule has 22 heavy (non-hydrogen) atoms. The van der Waals surface area contributed by atoms with E-state index < -0.39 is 15.8 Å². The zero-order valence-electron chi connectivity index (χ0n) is 12.0. The summed E-state index contributed by atoms with van der Waals surface area (Å²) in [5.74, 6) is -0.510. The highest BCUT2D eigenvalue weighted by molar-refractivity contribution is 7.89. The fraction of sp³-hybridized carbons (Fsp3) is 0.462. The normalized spacial score (nSPS) is 19.0. The van der Waals surface area contributed by atoms with Gasteiger partial charge in [0.25, 0.3) is 0 Å². The van der Waals surface area contributed by atoms with Crippen molar-refractivity contribution in [1.29, 1.82) is 0 Å². The third kappa shape index (κ3) is 3.19. The van der Waals surface area contributed by atoms with Gasteiger partial charge in [-0.1, -0.05) is 0 Å². The van der Waals surface area contributed by atoms with Crippen molar-refractivity contribution in [2.75, 3.05) is 13.1 Å². The van der Waals surface area contributed by atoms with E-state index in [1.807, 2.05) is 0 Å². The summed E-state index contributed by atoms with van der Waals surface area (Å²) in [4.78, 5) is 11.5. The van der Waals surface area contributed by atoms with Crippen LogP contribution in [0.4, 0.5) is 0 Å².